The second kappa shape index (κ2) is 19.4. The van der Waals surface area contributed by atoms with Gasteiger partial charge >= 0.3 is 34.7 Å². The molecule has 0 saturated heterocycles. The van der Waals surface area contributed by atoms with Crippen molar-refractivity contribution >= 4 is 41.1 Å². The highest BCUT2D eigenvalue weighted by Gasteiger charge is 2.37. The van der Waals surface area contributed by atoms with Crippen LogP contribution < -0.4 is 17.1 Å². The fraction of sp³-hybridized carbons (Fsp3) is 0.870. The van der Waals surface area contributed by atoms with Crippen LogP contribution in [0.15, 0.2) is 14.4 Å². The van der Waals surface area contributed by atoms with Gasteiger partial charge in [-0.15, -0.1) is 0 Å². The summed E-state index contributed by atoms with van der Waals surface area (Å²) in [6, 6.07) is 1.45. The molecule has 0 fully saturated rings. The minimum atomic E-state index is -2.56. The van der Waals surface area contributed by atoms with E-state index in [1.54, 1.807) is 73.1 Å². The van der Waals surface area contributed by atoms with Crippen molar-refractivity contribution in [1.82, 2.24) is 13.7 Å². The highest BCUT2D eigenvalue weighted by atomic mass is 32.2. The molecule has 16 heteroatoms. The first kappa shape index (κ1) is 36.3. The van der Waals surface area contributed by atoms with Crippen molar-refractivity contribution in [2.24, 2.45) is 0 Å². The van der Waals surface area contributed by atoms with Crippen molar-refractivity contribution in [2.45, 2.75) is 64.3 Å². The van der Waals surface area contributed by atoms with Gasteiger partial charge in [0.25, 0.3) is 0 Å². The zero-order chi connectivity index (χ0) is 29.3. The standard InChI is InChI=1S/C23H47N3O9S2Si2/c1-8-24-21(27)25(13-9-15-36-17-11-19-38(30-2,31-3)32-4)23(29)26(22(24)28)14-10-16-37-18-12-20-39(33-5,34-6)35-7/h8-20H2,1-7H3. The van der Waals surface area contributed by atoms with E-state index in [1.165, 1.54) is 9.13 Å². The van der Waals surface area contributed by atoms with E-state index in [0.717, 1.165) is 52.5 Å². The Kier molecular flexibility index (Phi) is 18.1. The summed E-state index contributed by atoms with van der Waals surface area (Å²) in [5, 5.41) is 0. The fourth-order valence-corrected chi connectivity index (χ4v) is 9.81. The highest BCUT2D eigenvalue weighted by molar-refractivity contribution is 7.99. The zero-order valence-electron chi connectivity index (χ0n) is 24.5. The molecule has 0 radical (unpaired) electrons. The van der Waals surface area contributed by atoms with E-state index in [4.69, 9.17) is 26.6 Å². The number of nitrogens with zero attached hydrogens (tertiary/aromatic N) is 3. The predicted molar refractivity (Wildman–Crippen MR) is 161 cm³/mol. The van der Waals surface area contributed by atoms with Crippen molar-refractivity contribution in [2.75, 3.05) is 65.7 Å². The molecule has 0 aliphatic carbocycles. The maximum Gasteiger partial charge on any atom is 0.500 e. The Bertz CT molecular complexity index is 910. The third kappa shape index (κ3) is 10.9. The molecule has 0 aromatic carbocycles. The molecule has 1 rings (SSSR count). The number of aromatic nitrogens is 3. The third-order valence-corrected chi connectivity index (χ3v) is 14.4. The van der Waals surface area contributed by atoms with E-state index in [0.29, 0.717) is 12.8 Å². The van der Waals surface area contributed by atoms with Gasteiger partial charge in [0.15, 0.2) is 0 Å². The quantitative estimate of drug-likeness (QED) is 0.130. The van der Waals surface area contributed by atoms with Crippen molar-refractivity contribution in [3.05, 3.63) is 31.5 Å². The molecule has 0 saturated carbocycles. The zero-order valence-corrected chi connectivity index (χ0v) is 28.2. The molecular formula is C23H47N3O9S2Si2. The second-order valence-corrected chi connectivity index (χ2v) is 17.3. The van der Waals surface area contributed by atoms with Gasteiger partial charge in [-0.25, -0.2) is 28.1 Å². The average molecular weight is 630 g/mol. The lowest BCUT2D eigenvalue weighted by molar-refractivity contribution is 0.123. The second-order valence-electron chi connectivity index (χ2n) is 8.62. The molecule has 0 N–H and O–H groups in total. The molecular weight excluding hydrogens is 583 g/mol. The topological polar surface area (TPSA) is 121 Å². The van der Waals surface area contributed by atoms with E-state index >= 15 is 0 Å². The van der Waals surface area contributed by atoms with Crippen LogP contribution in [0.2, 0.25) is 12.1 Å². The summed E-state index contributed by atoms with van der Waals surface area (Å²) in [5.74, 6) is 3.35. The first-order valence-corrected chi connectivity index (χ1v) is 19.3. The smallest absolute Gasteiger partial charge is 0.377 e. The van der Waals surface area contributed by atoms with Crippen molar-refractivity contribution in [3.8, 4) is 0 Å². The van der Waals surface area contributed by atoms with Gasteiger partial charge in [0.1, 0.15) is 0 Å². The van der Waals surface area contributed by atoms with Crippen LogP contribution in [0.25, 0.3) is 0 Å². The van der Waals surface area contributed by atoms with Crippen LogP contribution in [-0.2, 0) is 46.2 Å². The Hall–Kier alpha value is -0.696. The fourth-order valence-electron chi connectivity index (χ4n) is 4.08. The molecule has 39 heavy (non-hydrogen) atoms. The summed E-state index contributed by atoms with van der Waals surface area (Å²) in [6.45, 7) is 2.50. The number of hydrogen-bond donors (Lipinski definition) is 0. The van der Waals surface area contributed by atoms with Crippen LogP contribution in [0.1, 0.15) is 32.6 Å². The molecule has 1 aromatic heterocycles. The lowest BCUT2D eigenvalue weighted by Crippen LogP contribution is -2.54. The SMILES string of the molecule is CCn1c(=O)n(CCCSCCC[Si](OC)(OC)OC)c(=O)n(CCCSCCC[Si](OC)(OC)OC)c1=O. The minimum absolute atomic E-state index is 0.218. The Morgan fingerprint density at radius 2 is 0.846 bits per heavy atom. The van der Waals surface area contributed by atoms with Gasteiger partial charge in [0.2, 0.25) is 0 Å². The average Bonchev–Trinajstić information content (AvgIpc) is 2.96. The Balaban J connectivity index is 2.61. The lowest BCUT2D eigenvalue weighted by Gasteiger charge is -2.24. The van der Waals surface area contributed by atoms with Crippen LogP contribution >= 0.6 is 23.5 Å². The summed E-state index contributed by atoms with van der Waals surface area (Å²) >= 11 is 3.48. The van der Waals surface area contributed by atoms with Gasteiger partial charge in [0.05, 0.1) is 0 Å². The van der Waals surface area contributed by atoms with Crippen LogP contribution in [0, 0.1) is 0 Å². The van der Waals surface area contributed by atoms with Crippen molar-refractivity contribution in [3.63, 3.8) is 0 Å². The van der Waals surface area contributed by atoms with Crippen LogP contribution in [0.3, 0.4) is 0 Å². The summed E-state index contributed by atoms with van der Waals surface area (Å²) in [5.41, 5.74) is -1.61. The number of rotatable bonds is 23. The van der Waals surface area contributed by atoms with E-state index in [2.05, 4.69) is 0 Å². The van der Waals surface area contributed by atoms with Gasteiger partial charge < -0.3 is 26.6 Å². The lowest BCUT2D eigenvalue weighted by atomic mass is 10.4. The van der Waals surface area contributed by atoms with E-state index < -0.39 is 34.7 Å². The first-order valence-electron chi connectivity index (χ1n) is 13.1. The van der Waals surface area contributed by atoms with E-state index in [-0.39, 0.29) is 19.6 Å². The van der Waals surface area contributed by atoms with E-state index in [1.807, 2.05) is 0 Å². The Morgan fingerprint density at radius 1 is 0.538 bits per heavy atom. The molecule has 0 aliphatic rings. The maximum atomic E-state index is 13.1. The monoisotopic (exact) mass is 629 g/mol. The summed E-state index contributed by atoms with van der Waals surface area (Å²) < 4.78 is 36.1. The molecule has 0 bridgehead atoms. The van der Waals surface area contributed by atoms with Crippen LogP contribution in [0.4, 0.5) is 0 Å². The molecule has 0 spiro atoms. The van der Waals surface area contributed by atoms with Crippen molar-refractivity contribution in [1.29, 1.82) is 0 Å². The van der Waals surface area contributed by atoms with Gasteiger partial charge in [-0.05, 0) is 55.6 Å². The summed E-state index contributed by atoms with van der Waals surface area (Å²) in [4.78, 5) is 38.7. The predicted octanol–water partition coefficient (Wildman–Crippen LogP) is 1.97. The molecule has 0 unspecified atom stereocenters. The minimum Gasteiger partial charge on any atom is -0.377 e. The first-order chi connectivity index (χ1) is 18.7. The number of thioether (sulfide) groups is 2. The Morgan fingerprint density at radius 3 is 1.15 bits per heavy atom. The molecule has 12 nitrogen and oxygen atoms in total. The molecule has 1 aromatic rings. The maximum absolute atomic E-state index is 13.1. The van der Waals surface area contributed by atoms with Crippen LogP contribution in [-0.4, -0.2) is 97.0 Å². The molecule has 228 valence electrons. The summed E-state index contributed by atoms with van der Waals surface area (Å²) in [6.07, 6.45) is 3.06. The molecule has 0 amide bonds. The van der Waals surface area contributed by atoms with Gasteiger partial charge in [-0.1, -0.05) is 0 Å². The largest absolute Gasteiger partial charge is 0.500 e. The van der Waals surface area contributed by atoms with Crippen molar-refractivity contribution < 1.29 is 26.6 Å². The third-order valence-electron chi connectivity index (χ3n) is 6.45. The van der Waals surface area contributed by atoms with Gasteiger partial charge in [0, 0.05) is 74.4 Å². The number of hydrogen-bond acceptors (Lipinski definition) is 11. The normalized spacial score (nSPS) is 12.4. The van der Waals surface area contributed by atoms with Crippen LogP contribution in [0.5, 0.6) is 0 Å². The molecule has 1 heterocycles. The van der Waals surface area contributed by atoms with E-state index in [9.17, 15) is 14.4 Å². The molecule has 0 atom stereocenters. The van der Waals surface area contributed by atoms with Gasteiger partial charge in [-0.2, -0.15) is 23.5 Å². The highest BCUT2D eigenvalue weighted by Crippen LogP contribution is 2.18. The van der Waals surface area contributed by atoms with Gasteiger partial charge in [-0.3, -0.25) is 0 Å². The molecule has 0 aliphatic heterocycles. The Labute approximate surface area is 242 Å². The summed E-state index contributed by atoms with van der Waals surface area (Å²) in [7, 11) is 4.50.